The predicted molar refractivity (Wildman–Crippen MR) is 59.2 cm³/mol. The highest BCUT2D eigenvalue weighted by Gasteiger charge is 2.20. The summed E-state index contributed by atoms with van der Waals surface area (Å²) in [7, 11) is 1.80. The van der Waals surface area contributed by atoms with Crippen LogP contribution in [0.5, 0.6) is 0 Å². The Morgan fingerprint density at radius 3 is 2.56 bits per heavy atom. The minimum atomic E-state index is -0.909. The van der Waals surface area contributed by atoms with Gasteiger partial charge in [-0.25, -0.2) is 8.78 Å². The molecule has 1 aromatic carbocycles. The normalized spacial score (nSPS) is 14.8. The summed E-state index contributed by atoms with van der Waals surface area (Å²) < 4.78 is 25.6. The van der Waals surface area contributed by atoms with Crippen LogP contribution in [0.3, 0.4) is 0 Å². The highest BCUT2D eigenvalue weighted by molar-refractivity contribution is 5.19. The highest BCUT2D eigenvalue weighted by atomic mass is 19.2. The summed E-state index contributed by atoms with van der Waals surface area (Å²) >= 11 is 0. The van der Waals surface area contributed by atoms with Crippen molar-refractivity contribution in [3.63, 3.8) is 0 Å². The summed E-state index contributed by atoms with van der Waals surface area (Å²) in [6.07, 6.45) is 0.869. The second kappa shape index (κ2) is 5.37. The summed E-state index contributed by atoms with van der Waals surface area (Å²) in [4.78, 5) is 0. The molecule has 0 fully saturated rings. The van der Waals surface area contributed by atoms with Gasteiger partial charge in [-0.15, -0.1) is 0 Å². The molecule has 0 saturated carbocycles. The molecular formula is C12H17F2NO. The van der Waals surface area contributed by atoms with Crippen LogP contribution in [-0.2, 0) is 6.42 Å². The summed E-state index contributed by atoms with van der Waals surface area (Å²) in [6.45, 7) is 2.36. The van der Waals surface area contributed by atoms with Crippen molar-refractivity contribution < 1.29 is 13.9 Å². The van der Waals surface area contributed by atoms with Crippen molar-refractivity contribution in [3.05, 3.63) is 35.4 Å². The van der Waals surface area contributed by atoms with Gasteiger partial charge in [0.05, 0.1) is 5.60 Å². The van der Waals surface area contributed by atoms with Gasteiger partial charge in [-0.05, 0) is 44.6 Å². The Balaban J connectivity index is 2.68. The number of hydrogen-bond donors (Lipinski definition) is 2. The molecule has 0 bridgehead atoms. The molecule has 0 aliphatic heterocycles. The summed E-state index contributed by atoms with van der Waals surface area (Å²) in [6, 6.07) is 3.70. The van der Waals surface area contributed by atoms with Crippen molar-refractivity contribution in [1.29, 1.82) is 0 Å². The molecular weight excluding hydrogens is 212 g/mol. The van der Waals surface area contributed by atoms with E-state index in [2.05, 4.69) is 5.32 Å². The number of aliphatic hydroxyl groups is 1. The zero-order valence-corrected chi connectivity index (χ0v) is 9.56. The third-order valence-electron chi connectivity index (χ3n) is 2.48. The van der Waals surface area contributed by atoms with E-state index in [1.54, 1.807) is 14.0 Å². The molecule has 4 heteroatoms. The Labute approximate surface area is 94.3 Å². The van der Waals surface area contributed by atoms with Crippen LogP contribution >= 0.6 is 0 Å². The Bertz CT molecular complexity index is 353. The molecule has 2 N–H and O–H groups in total. The minimum absolute atomic E-state index is 0.311. The molecule has 1 unspecified atom stereocenters. The first-order valence-electron chi connectivity index (χ1n) is 5.25. The van der Waals surface area contributed by atoms with Gasteiger partial charge in [-0.1, -0.05) is 6.07 Å². The quantitative estimate of drug-likeness (QED) is 0.807. The molecule has 0 aromatic heterocycles. The van der Waals surface area contributed by atoms with Crippen LogP contribution in [0, 0.1) is 11.6 Å². The van der Waals surface area contributed by atoms with Crippen molar-refractivity contribution in [2.45, 2.75) is 25.4 Å². The van der Waals surface area contributed by atoms with Gasteiger partial charge < -0.3 is 10.4 Å². The predicted octanol–water partition coefficient (Wildman–Crippen LogP) is 1.87. The Morgan fingerprint density at radius 1 is 1.31 bits per heavy atom. The molecule has 16 heavy (non-hydrogen) atoms. The van der Waals surface area contributed by atoms with Gasteiger partial charge in [-0.3, -0.25) is 0 Å². The standard InChI is InChI=1S/C12H17F2NO/c1-12(16,5-6-15-2)8-9-3-4-10(13)11(14)7-9/h3-4,7,15-16H,5-6,8H2,1-2H3. The van der Waals surface area contributed by atoms with E-state index in [9.17, 15) is 13.9 Å². The van der Waals surface area contributed by atoms with E-state index in [0.29, 0.717) is 24.9 Å². The Hall–Kier alpha value is -1.00. The first kappa shape index (κ1) is 13.1. The number of halogens is 2. The van der Waals surface area contributed by atoms with E-state index in [0.717, 1.165) is 12.1 Å². The minimum Gasteiger partial charge on any atom is -0.390 e. The van der Waals surface area contributed by atoms with Crippen LogP contribution in [0.1, 0.15) is 18.9 Å². The fourth-order valence-electron chi connectivity index (χ4n) is 1.57. The van der Waals surface area contributed by atoms with E-state index in [1.165, 1.54) is 6.07 Å². The summed E-state index contributed by atoms with van der Waals surface area (Å²) in [5.74, 6) is -1.74. The maximum Gasteiger partial charge on any atom is 0.159 e. The maximum atomic E-state index is 12.9. The maximum absolute atomic E-state index is 12.9. The first-order valence-corrected chi connectivity index (χ1v) is 5.25. The van der Waals surface area contributed by atoms with E-state index < -0.39 is 17.2 Å². The molecule has 0 heterocycles. The van der Waals surface area contributed by atoms with Crippen LogP contribution in [0.2, 0.25) is 0 Å². The highest BCUT2D eigenvalue weighted by Crippen LogP contribution is 2.18. The van der Waals surface area contributed by atoms with E-state index in [-0.39, 0.29) is 0 Å². The topological polar surface area (TPSA) is 32.3 Å². The van der Waals surface area contributed by atoms with Crippen molar-refractivity contribution in [3.8, 4) is 0 Å². The fourth-order valence-corrected chi connectivity index (χ4v) is 1.57. The van der Waals surface area contributed by atoms with Crippen molar-refractivity contribution in [2.75, 3.05) is 13.6 Å². The molecule has 0 aliphatic carbocycles. The molecule has 1 rings (SSSR count). The SMILES string of the molecule is CNCCC(C)(O)Cc1ccc(F)c(F)c1. The zero-order chi connectivity index (χ0) is 12.2. The Kier molecular flexibility index (Phi) is 4.38. The van der Waals surface area contributed by atoms with Gasteiger partial charge >= 0.3 is 0 Å². The van der Waals surface area contributed by atoms with E-state index >= 15 is 0 Å². The smallest absolute Gasteiger partial charge is 0.159 e. The second-order valence-corrected chi connectivity index (χ2v) is 4.28. The molecule has 1 atom stereocenters. The lowest BCUT2D eigenvalue weighted by molar-refractivity contribution is 0.0519. The molecule has 0 aliphatic rings. The van der Waals surface area contributed by atoms with Gasteiger partial charge in [0.2, 0.25) is 0 Å². The van der Waals surface area contributed by atoms with E-state index in [4.69, 9.17) is 0 Å². The number of rotatable bonds is 5. The molecule has 0 radical (unpaired) electrons. The molecule has 1 aromatic rings. The third-order valence-corrected chi connectivity index (χ3v) is 2.48. The van der Waals surface area contributed by atoms with Crippen LogP contribution in [0.4, 0.5) is 8.78 Å². The van der Waals surface area contributed by atoms with Crippen LogP contribution in [0.15, 0.2) is 18.2 Å². The largest absolute Gasteiger partial charge is 0.390 e. The summed E-state index contributed by atoms with van der Waals surface area (Å²) in [5.41, 5.74) is -0.312. The molecule has 90 valence electrons. The number of nitrogens with one attached hydrogen (secondary N) is 1. The van der Waals surface area contributed by atoms with Gasteiger partial charge in [0.25, 0.3) is 0 Å². The monoisotopic (exact) mass is 229 g/mol. The van der Waals surface area contributed by atoms with Gasteiger partial charge in [-0.2, -0.15) is 0 Å². The van der Waals surface area contributed by atoms with Gasteiger partial charge in [0.15, 0.2) is 11.6 Å². The fraction of sp³-hybridized carbons (Fsp3) is 0.500. The molecule has 0 saturated heterocycles. The second-order valence-electron chi connectivity index (χ2n) is 4.28. The van der Waals surface area contributed by atoms with Crippen molar-refractivity contribution >= 4 is 0 Å². The van der Waals surface area contributed by atoms with Crippen molar-refractivity contribution in [1.82, 2.24) is 5.32 Å². The lowest BCUT2D eigenvalue weighted by Crippen LogP contribution is -2.31. The van der Waals surface area contributed by atoms with Crippen molar-refractivity contribution in [2.24, 2.45) is 0 Å². The average molecular weight is 229 g/mol. The summed E-state index contributed by atoms with van der Waals surface area (Å²) in [5, 5.41) is 12.9. The molecule has 0 spiro atoms. The Morgan fingerprint density at radius 2 is 2.00 bits per heavy atom. The van der Waals surface area contributed by atoms with Crippen LogP contribution < -0.4 is 5.32 Å². The van der Waals surface area contributed by atoms with E-state index in [1.807, 2.05) is 0 Å². The molecule has 0 amide bonds. The first-order chi connectivity index (χ1) is 7.44. The third kappa shape index (κ3) is 3.87. The van der Waals surface area contributed by atoms with Gasteiger partial charge in [0, 0.05) is 6.42 Å². The van der Waals surface area contributed by atoms with Crippen LogP contribution in [0.25, 0.3) is 0 Å². The average Bonchev–Trinajstić information content (AvgIpc) is 2.20. The van der Waals surface area contributed by atoms with Crippen LogP contribution in [-0.4, -0.2) is 24.3 Å². The lowest BCUT2D eigenvalue weighted by Gasteiger charge is -2.23. The number of hydrogen-bond acceptors (Lipinski definition) is 2. The zero-order valence-electron chi connectivity index (χ0n) is 9.56. The lowest BCUT2D eigenvalue weighted by atomic mass is 9.93. The van der Waals surface area contributed by atoms with Gasteiger partial charge in [0.1, 0.15) is 0 Å². The number of benzene rings is 1. The molecule has 2 nitrogen and oxygen atoms in total.